The molecule has 0 saturated heterocycles. The second-order valence-electron chi connectivity index (χ2n) is 7.34. The van der Waals surface area contributed by atoms with E-state index in [2.05, 4.69) is 12.1 Å². The molecule has 2 rings (SSSR count). The number of hydrogen-bond acceptors (Lipinski definition) is 3. The van der Waals surface area contributed by atoms with Crippen molar-refractivity contribution in [3.05, 3.63) is 80.7 Å². The summed E-state index contributed by atoms with van der Waals surface area (Å²) < 4.78 is 0. The molecule has 27 heavy (non-hydrogen) atoms. The van der Waals surface area contributed by atoms with Gasteiger partial charge in [-0.1, -0.05) is 23.3 Å². The highest BCUT2D eigenvalue weighted by Gasteiger charge is 2.31. The molecule has 1 atom stereocenters. The van der Waals surface area contributed by atoms with E-state index in [9.17, 15) is 15.2 Å². The van der Waals surface area contributed by atoms with Gasteiger partial charge in [0.1, 0.15) is 5.76 Å². The summed E-state index contributed by atoms with van der Waals surface area (Å²) in [5, 5.41) is 20.1. The zero-order chi connectivity index (χ0) is 20.3. The zero-order valence-electron chi connectivity index (χ0n) is 17.0. The molecule has 0 fully saturated rings. The summed E-state index contributed by atoms with van der Waals surface area (Å²) in [6.45, 7) is 11.4. The highest BCUT2D eigenvalue weighted by molar-refractivity contribution is 5.96. The molecule has 1 aromatic rings. The van der Waals surface area contributed by atoms with Gasteiger partial charge in [0.05, 0.1) is 11.6 Å². The maximum absolute atomic E-state index is 12.6. The van der Waals surface area contributed by atoms with Crippen LogP contribution in [0.1, 0.15) is 63.6 Å². The third-order valence-corrected chi connectivity index (χ3v) is 5.21. The number of carbonyl (C=O) groups excluding carboxylic acids is 1. The second-order valence-corrected chi connectivity index (χ2v) is 7.34. The largest absolute Gasteiger partial charge is 0.508 e. The minimum absolute atomic E-state index is 0.0114. The van der Waals surface area contributed by atoms with Crippen LogP contribution < -0.4 is 0 Å². The Morgan fingerprint density at radius 2 is 1.81 bits per heavy atom. The van der Waals surface area contributed by atoms with Crippen molar-refractivity contribution < 1.29 is 9.90 Å². The van der Waals surface area contributed by atoms with Crippen LogP contribution >= 0.6 is 0 Å². The third-order valence-electron chi connectivity index (χ3n) is 5.21. The number of nitriles is 1. The summed E-state index contributed by atoms with van der Waals surface area (Å²) in [5.41, 5.74) is 6.90. The van der Waals surface area contributed by atoms with Crippen LogP contribution in [0.2, 0.25) is 0 Å². The van der Waals surface area contributed by atoms with Gasteiger partial charge < -0.3 is 5.11 Å². The van der Waals surface area contributed by atoms with E-state index >= 15 is 0 Å². The summed E-state index contributed by atoms with van der Waals surface area (Å²) in [5.74, 6) is -0.171. The Hall–Kier alpha value is -2.86. The average molecular weight is 361 g/mol. The minimum Gasteiger partial charge on any atom is -0.508 e. The molecular weight excluding hydrogens is 334 g/mol. The van der Waals surface area contributed by atoms with Gasteiger partial charge in [-0.2, -0.15) is 5.26 Å². The number of aryl methyl sites for hydroxylation is 1. The maximum Gasteiger partial charge on any atom is 0.156 e. The van der Waals surface area contributed by atoms with Crippen molar-refractivity contribution in [1.29, 1.82) is 5.26 Å². The lowest BCUT2D eigenvalue weighted by atomic mass is 9.76. The summed E-state index contributed by atoms with van der Waals surface area (Å²) in [4.78, 5) is 12.6. The van der Waals surface area contributed by atoms with E-state index in [0.29, 0.717) is 17.6 Å². The minimum atomic E-state index is -0.377. The smallest absolute Gasteiger partial charge is 0.156 e. The molecule has 1 N–H and O–H groups in total. The molecule has 0 unspecified atom stereocenters. The van der Waals surface area contributed by atoms with Gasteiger partial charge in [0.2, 0.25) is 0 Å². The SMILES string of the molecule is CC(=O)C(=C(C)C)[C@H](C1=C(C)C(C)=CCC=C1O)c1ccc(C#N)cc1C. The Bertz CT molecular complexity index is 945. The zero-order valence-corrected chi connectivity index (χ0v) is 17.0. The first-order valence-corrected chi connectivity index (χ1v) is 9.15. The third kappa shape index (κ3) is 4.11. The van der Waals surface area contributed by atoms with Gasteiger partial charge in [-0.25, -0.2) is 0 Å². The van der Waals surface area contributed by atoms with Crippen molar-refractivity contribution in [2.24, 2.45) is 0 Å². The van der Waals surface area contributed by atoms with Crippen LogP contribution in [-0.4, -0.2) is 10.9 Å². The highest BCUT2D eigenvalue weighted by atomic mass is 16.3. The van der Waals surface area contributed by atoms with E-state index in [1.54, 1.807) is 19.1 Å². The number of benzene rings is 1. The first-order chi connectivity index (χ1) is 12.7. The average Bonchev–Trinajstić information content (AvgIpc) is 2.71. The Morgan fingerprint density at radius 3 is 2.33 bits per heavy atom. The predicted octanol–water partition coefficient (Wildman–Crippen LogP) is 5.98. The van der Waals surface area contributed by atoms with Gasteiger partial charge in [0.25, 0.3) is 0 Å². The summed E-state index contributed by atoms with van der Waals surface area (Å²) in [6, 6.07) is 7.67. The fraction of sp³-hybridized carbons (Fsp3) is 0.333. The van der Waals surface area contributed by atoms with E-state index in [4.69, 9.17) is 0 Å². The van der Waals surface area contributed by atoms with Gasteiger partial charge in [0.15, 0.2) is 5.78 Å². The lowest BCUT2D eigenvalue weighted by molar-refractivity contribution is -0.113. The molecule has 0 aromatic heterocycles. The molecule has 0 aliphatic heterocycles. The number of Topliss-reactive ketones (excluding diaryl/α,β-unsaturated/α-hetero) is 1. The van der Waals surface area contributed by atoms with Crippen molar-refractivity contribution in [1.82, 2.24) is 0 Å². The number of hydrogen-bond donors (Lipinski definition) is 1. The molecule has 0 bridgehead atoms. The first kappa shape index (κ1) is 20.5. The van der Waals surface area contributed by atoms with E-state index in [1.165, 1.54) is 0 Å². The van der Waals surface area contributed by atoms with Crippen LogP contribution in [0.15, 0.2) is 64.0 Å². The van der Waals surface area contributed by atoms with Crippen LogP contribution in [-0.2, 0) is 4.79 Å². The molecule has 1 aliphatic rings. The number of aliphatic hydroxyl groups excluding tert-OH is 1. The fourth-order valence-electron chi connectivity index (χ4n) is 3.75. The molecule has 3 nitrogen and oxygen atoms in total. The standard InChI is InChI=1S/C24H27NO2/c1-14(2)22(18(6)26)24(20-11-10-19(13-25)12-16(20)4)23-17(5)15(3)8-7-9-21(23)27/h8-12,24,27H,7H2,1-6H3/t24-/m1/s1. The van der Waals surface area contributed by atoms with Gasteiger partial charge >= 0.3 is 0 Å². The molecule has 3 heteroatoms. The van der Waals surface area contributed by atoms with Crippen LogP contribution in [0.5, 0.6) is 0 Å². The maximum atomic E-state index is 12.6. The van der Waals surface area contributed by atoms with Crippen molar-refractivity contribution in [3.8, 4) is 6.07 Å². The Morgan fingerprint density at radius 1 is 1.15 bits per heavy atom. The van der Waals surface area contributed by atoms with E-state index < -0.39 is 0 Å². The van der Waals surface area contributed by atoms with Gasteiger partial charge in [-0.15, -0.1) is 0 Å². The quantitative estimate of drug-likeness (QED) is 0.671. The number of nitrogens with zero attached hydrogens (tertiary/aromatic N) is 1. The first-order valence-electron chi connectivity index (χ1n) is 9.15. The van der Waals surface area contributed by atoms with E-state index in [1.807, 2.05) is 46.8 Å². The Labute approximate surface area is 162 Å². The van der Waals surface area contributed by atoms with Crippen molar-refractivity contribution in [2.45, 2.75) is 53.9 Å². The number of ketones is 1. The molecular formula is C24H27NO2. The molecule has 0 heterocycles. The van der Waals surface area contributed by atoms with E-state index in [0.717, 1.165) is 33.4 Å². The lowest BCUT2D eigenvalue weighted by Crippen LogP contribution is -2.17. The molecule has 140 valence electrons. The van der Waals surface area contributed by atoms with Crippen LogP contribution in [0.3, 0.4) is 0 Å². The summed E-state index contributed by atoms with van der Waals surface area (Å²) >= 11 is 0. The summed E-state index contributed by atoms with van der Waals surface area (Å²) in [6.07, 6.45) is 4.53. The monoisotopic (exact) mass is 361 g/mol. The van der Waals surface area contributed by atoms with Crippen LogP contribution in [0.4, 0.5) is 0 Å². The van der Waals surface area contributed by atoms with Crippen LogP contribution in [0.25, 0.3) is 0 Å². The predicted molar refractivity (Wildman–Crippen MR) is 109 cm³/mol. The number of allylic oxidation sites excluding steroid dienone is 7. The molecule has 0 amide bonds. The number of carbonyl (C=O) groups is 1. The Kier molecular flexibility index (Phi) is 6.23. The topological polar surface area (TPSA) is 61.1 Å². The second kappa shape index (κ2) is 8.22. The summed E-state index contributed by atoms with van der Waals surface area (Å²) in [7, 11) is 0. The van der Waals surface area contributed by atoms with Gasteiger partial charge in [-0.05, 0) is 82.9 Å². The van der Waals surface area contributed by atoms with Crippen molar-refractivity contribution >= 4 is 5.78 Å². The molecule has 1 aliphatic carbocycles. The molecule has 1 aromatic carbocycles. The number of rotatable bonds is 4. The van der Waals surface area contributed by atoms with Gasteiger partial charge in [-0.3, -0.25) is 4.79 Å². The van der Waals surface area contributed by atoms with E-state index in [-0.39, 0.29) is 17.5 Å². The van der Waals surface area contributed by atoms with Crippen LogP contribution in [0, 0.1) is 18.3 Å². The normalized spacial score (nSPS) is 15.3. The fourth-order valence-corrected chi connectivity index (χ4v) is 3.75. The van der Waals surface area contributed by atoms with Crippen molar-refractivity contribution in [3.63, 3.8) is 0 Å². The van der Waals surface area contributed by atoms with Gasteiger partial charge in [0, 0.05) is 17.1 Å². The molecule has 0 saturated carbocycles. The molecule has 0 spiro atoms. The van der Waals surface area contributed by atoms with Crippen molar-refractivity contribution in [2.75, 3.05) is 0 Å². The molecule has 0 radical (unpaired) electrons. The highest BCUT2D eigenvalue weighted by Crippen LogP contribution is 2.42. The Balaban J connectivity index is 2.90. The lowest BCUT2D eigenvalue weighted by Gasteiger charge is -2.27. The number of aliphatic hydroxyl groups is 1.